The van der Waals surface area contributed by atoms with Gasteiger partial charge in [0.05, 0.1) is 6.33 Å². The molecule has 26 heavy (non-hydrogen) atoms. The molecule has 132 valence electrons. The minimum atomic E-state index is 0.0622. The molecule has 1 fully saturated rings. The Morgan fingerprint density at radius 3 is 2.65 bits per heavy atom. The van der Waals surface area contributed by atoms with Crippen molar-refractivity contribution in [3.05, 3.63) is 54.2 Å². The van der Waals surface area contributed by atoms with Crippen molar-refractivity contribution in [3.8, 4) is 0 Å². The third-order valence-corrected chi connectivity index (χ3v) is 5.74. The van der Waals surface area contributed by atoms with Crippen molar-refractivity contribution in [3.63, 3.8) is 0 Å². The Balaban J connectivity index is 1.25. The van der Waals surface area contributed by atoms with E-state index in [1.807, 2.05) is 41.8 Å². The fraction of sp³-hybridized carbons (Fsp3) is 0.400. The van der Waals surface area contributed by atoms with E-state index in [4.69, 9.17) is 0 Å². The van der Waals surface area contributed by atoms with Gasteiger partial charge in [0.15, 0.2) is 5.65 Å². The summed E-state index contributed by atoms with van der Waals surface area (Å²) < 4.78 is 2.17. The van der Waals surface area contributed by atoms with Crippen molar-refractivity contribution < 1.29 is 4.79 Å². The number of likely N-dealkylation sites (tertiary alicyclic amines) is 1. The quantitative estimate of drug-likeness (QED) is 0.714. The lowest BCUT2D eigenvalue weighted by atomic mass is 10.00. The van der Waals surface area contributed by atoms with Gasteiger partial charge in [-0.25, -0.2) is 9.97 Å². The van der Waals surface area contributed by atoms with E-state index in [0.29, 0.717) is 6.04 Å². The van der Waals surface area contributed by atoms with Gasteiger partial charge in [-0.15, -0.1) is 0 Å². The molecule has 3 aromatic rings. The van der Waals surface area contributed by atoms with Gasteiger partial charge >= 0.3 is 0 Å². The summed E-state index contributed by atoms with van der Waals surface area (Å²) in [7, 11) is 0. The van der Waals surface area contributed by atoms with Crippen LogP contribution in [0.2, 0.25) is 0 Å². The van der Waals surface area contributed by atoms with E-state index in [0.717, 1.165) is 55.6 Å². The minimum absolute atomic E-state index is 0.0622. The summed E-state index contributed by atoms with van der Waals surface area (Å²) in [6, 6.07) is 8.32. The van der Waals surface area contributed by atoms with Crippen LogP contribution in [-0.4, -0.2) is 43.4 Å². The van der Waals surface area contributed by atoms with Crippen LogP contribution in [0.25, 0.3) is 11.2 Å². The molecule has 0 N–H and O–H groups in total. The van der Waals surface area contributed by atoms with Gasteiger partial charge < -0.3 is 9.47 Å². The molecule has 1 aliphatic carbocycles. The Kier molecular flexibility index (Phi) is 3.69. The zero-order chi connectivity index (χ0) is 17.5. The standard InChI is InChI=1S/C20H21N5O/c26-20(15-11-14-3-1-7-21-18(14)12-15)24-9-5-16(6-10-24)25-13-23-17-4-2-8-22-19(17)25/h1-4,7-8,13,15-16H,5-6,9-12H2. The van der Waals surface area contributed by atoms with Gasteiger partial charge in [-0.1, -0.05) is 6.07 Å². The third-order valence-electron chi connectivity index (χ3n) is 5.74. The largest absolute Gasteiger partial charge is 0.342 e. The number of carbonyl (C=O) groups excluding carboxylic acids is 1. The van der Waals surface area contributed by atoms with Gasteiger partial charge in [0.2, 0.25) is 5.91 Å². The second-order valence-corrected chi connectivity index (χ2v) is 7.27. The normalized spacial score (nSPS) is 20.5. The number of hydrogen-bond donors (Lipinski definition) is 0. The molecule has 1 aliphatic heterocycles. The maximum Gasteiger partial charge on any atom is 0.226 e. The number of carbonyl (C=O) groups is 1. The molecule has 6 heteroatoms. The Hall–Kier alpha value is -2.76. The van der Waals surface area contributed by atoms with Crippen molar-refractivity contribution >= 4 is 17.1 Å². The molecule has 1 atom stereocenters. The molecule has 1 amide bonds. The smallest absolute Gasteiger partial charge is 0.226 e. The van der Waals surface area contributed by atoms with Gasteiger partial charge in [0.25, 0.3) is 0 Å². The van der Waals surface area contributed by atoms with Crippen LogP contribution in [0.3, 0.4) is 0 Å². The van der Waals surface area contributed by atoms with Crippen LogP contribution in [0.5, 0.6) is 0 Å². The first kappa shape index (κ1) is 15.5. The van der Waals surface area contributed by atoms with E-state index < -0.39 is 0 Å². The topological polar surface area (TPSA) is 63.9 Å². The van der Waals surface area contributed by atoms with Crippen molar-refractivity contribution in [1.82, 2.24) is 24.4 Å². The van der Waals surface area contributed by atoms with Crippen molar-refractivity contribution in [1.29, 1.82) is 0 Å². The lowest BCUT2D eigenvalue weighted by Gasteiger charge is -2.34. The zero-order valence-electron chi connectivity index (χ0n) is 14.6. The molecule has 5 rings (SSSR count). The number of amides is 1. The summed E-state index contributed by atoms with van der Waals surface area (Å²) in [6.45, 7) is 1.60. The molecule has 6 nitrogen and oxygen atoms in total. The van der Waals surface area contributed by atoms with Gasteiger partial charge in [0.1, 0.15) is 5.52 Å². The van der Waals surface area contributed by atoms with Crippen LogP contribution < -0.4 is 0 Å². The SMILES string of the molecule is O=C(C1Cc2cccnc2C1)N1CCC(n2cnc3cccnc32)CC1. The number of pyridine rings is 2. The first-order valence-corrected chi connectivity index (χ1v) is 9.29. The maximum absolute atomic E-state index is 12.9. The highest BCUT2D eigenvalue weighted by Gasteiger charge is 2.33. The monoisotopic (exact) mass is 347 g/mol. The number of fused-ring (bicyclic) bond motifs is 2. The highest BCUT2D eigenvalue weighted by Crippen LogP contribution is 2.30. The summed E-state index contributed by atoms with van der Waals surface area (Å²) in [4.78, 5) is 28.3. The molecule has 0 radical (unpaired) electrons. The molecule has 3 aromatic heterocycles. The second-order valence-electron chi connectivity index (χ2n) is 7.27. The zero-order valence-corrected chi connectivity index (χ0v) is 14.6. The predicted octanol–water partition coefficient (Wildman–Crippen LogP) is 2.40. The fourth-order valence-corrected chi connectivity index (χ4v) is 4.34. The lowest BCUT2D eigenvalue weighted by Crippen LogP contribution is -2.42. The number of hydrogen-bond acceptors (Lipinski definition) is 4. The predicted molar refractivity (Wildman–Crippen MR) is 97.5 cm³/mol. The van der Waals surface area contributed by atoms with E-state index in [-0.39, 0.29) is 11.8 Å². The van der Waals surface area contributed by atoms with Gasteiger partial charge in [-0.3, -0.25) is 9.78 Å². The van der Waals surface area contributed by atoms with Gasteiger partial charge in [-0.05, 0) is 43.0 Å². The molecule has 0 saturated carbocycles. The average molecular weight is 347 g/mol. The molecular weight excluding hydrogens is 326 g/mol. The Morgan fingerprint density at radius 2 is 1.81 bits per heavy atom. The van der Waals surface area contributed by atoms with Crippen molar-refractivity contribution in [2.45, 2.75) is 31.7 Å². The van der Waals surface area contributed by atoms with Crippen LogP contribution in [0.15, 0.2) is 43.0 Å². The second kappa shape index (κ2) is 6.20. The van der Waals surface area contributed by atoms with E-state index >= 15 is 0 Å². The average Bonchev–Trinajstić information content (AvgIpc) is 3.32. The van der Waals surface area contributed by atoms with Crippen LogP contribution in [0.1, 0.15) is 30.1 Å². The number of piperidine rings is 1. The van der Waals surface area contributed by atoms with Crippen LogP contribution >= 0.6 is 0 Å². The number of imidazole rings is 1. The van der Waals surface area contributed by atoms with E-state index in [2.05, 4.69) is 25.6 Å². The maximum atomic E-state index is 12.9. The Bertz CT molecular complexity index is 932. The number of nitrogens with zero attached hydrogens (tertiary/aromatic N) is 5. The number of rotatable bonds is 2. The molecule has 0 spiro atoms. The molecular formula is C20H21N5O. The molecule has 2 aliphatic rings. The molecule has 1 saturated heterocycles. The fourth-order valence-electron chi connectivity index (χ4n) is 4.34. The first-order valence-electron chi connectivity index (χ1n) is 9.29. The van der Waals surface area contributed by atoms with Gasteiger partial charge in [-0.2, -0.15) is 0 Å². The highest BCUT2D eigenvalue weighted by atomic mass is 16.2. The first-order chi connectivity index (χ1) is 12.8. The number of aromatic nitrogens is 4. The van der Waals surface area contributed by atoms with Crippen LogP contribution in [0, 0.1) is 5.92 Å². The summed E-state index contributed by atoms with van der Waals surface area (Å²) in [5.74, 6) is 0.349. The summed E-state index contributed by atoms with van der Waals surface area (Å²) in [5.41, 5.74) is 4.20. The summed E-state index contributed by atoms with van der Waals surface area (Å²) in [5, 5.41) is 0. The Morgan fingerprint density at radius 1 is 1.00 bits per heavy atom. The van der Waals surface area contributed by atoms with E-state index in [9.17, 15) is 4.79 Å². The third kappa shape index (κ3) is 2.57. The molecule has 0 aromatic carbocycles. The molecule has 4 heterocycles. The van der Waals surface area contributed by atoms with Crippen molar-refractivity contribution in [2.75, 3.05) is 13.1 Å². The van der Waals surface area contributed by atoms with Crippen molar-refractivity contribution in [2.24, 2.45) is 5.92 Å². The molecule has 0 bridgehead atoms. The highest BCUT2D eigenvalue weighted by molar-refractivity contribution is 5.80. The molecule has 1 unspecified atom stereocenters. The minimum Gasteiger partial charge on any atom is -0.342 e. The van der Waals surface area contributed by atoms with Gasteiger partial charge in [0, 0.05) is 49.6 Å². The Labute approximate surface area is 151 Å². The lowest BCUT2D eigenvalue weighted by molar-refractivity contribution is -0.136. The van der Waals surface area contributed by atoms with Crippen LogP contribution in [-0.2, 0) is 17.6 Å². The summed E-state index contributed by atoms with van der Waals surface area (Å²) >= 11 is 0. The van der Waals surface area contributed by atoms with Crippen LogP contribution in [0.4, 0.5) is 0 Å². The van der Waals surface area contributed by atoms with E-state index in [1.54, 1.807) is 0 Å². The summed E-state index contributed by atoms with van der Waals surface area (Å²) in [6.07, 6.45) is 9.03. The van der Waals surface area contributed by atoms with E-state index in [1.165, 1.54) is 5.56 Å².